The summed E-state index contributed by atoms with van der Waals surface area (Å²) in [6.07, 6.45) is 0. The van der Waals surface area contributed by atoms with Gasteiger partial charge in [0.15, 0.2) is 0 Å². The third-order valence-corrected chi connectivity index (χ3v) is 7.33. The van der Waals surface area contributed by atoms with E-state index in [1.807, 2.05) is 30.3 Å². The first kappa shape index (κ1) is 25.9. The summed E-state index contributed by atoms with van der Waals surface area (Å²) in [5, 5.41) is 13.2. The van der Waals surface area contributed by atoms with E-state index in [4.69, 9.17) is 16.6 Å². The molecular weight excluding hydrogens is 502 g/mol. The van der Waals surface area contributed by atoms with Gasteiger partial charge >= 0.3 is 0 Å². The molecule has 0 aromatic heterocycles. The molecule has 0 bridgehead atoms. The van der Waals surface area contributed by atoms with Crippen molar-refractivity contribution in [2.45, 2.75) is 5.92 Å². The summed E-state index contributed by atoms with van der Waals surface area (Å²) in [6.45, 7) is 4.07. The highest BCUT2D eigenvalue weighted by Gasteiger charge is 2.35. The maximum atomic E-state index is 13.1. The molecule has 1 unspecified atom stereocenters. The van der Waals surface area contributed by atoms with Gasteiger partial charge < -0.3 is 20.2 Å². The molecule has 2 amide bonds. The van der Waals surface area contributed by atoms with Crippen LogP contribution < -0.4 is 10.2 Å². The number of benzene rings is 3. The van der Waals surface area contributed by atoms with Crippen molar-refractivity contribution in [3.63, 3.8) is 0 Å². The molecule has 0 radical (unpaired) electrons. The maximum Gasteiger partial charge on any atom is 0.240 e. The van der Waals surface area contributed by atoms with Gasteiger partial charge in [-0.15, -0.1) is 0 Å². The normalized spacial score (nSPS) is 18.2. The summed E-state index contributed by atoms with van der Waals surface area (Å²) in [4.78, 5) is 37.0. The first-order chi connectivity index (χ1) is 18.3. The molecule has 3 aromatic carbocycles. The predicted octanol–water partition coefficient (Wildman–Crippen LogP) is 4.11. The Bertz CT molecular complexity index is 1370. The number of anilines is 2. The molecule has 1 fully saturated rings. The van der Waals surface area contributed by atoms with Crippen molar-refractivity contribution in [3.05, 3.63) is 82.9 Å². The smallest absolute Gasteiger partial charge is 0.240 e. The molecule has 2 aliphatic rings. The zero-order valence-electron chi connectivity index (χ0n) is 21.4. The number of amides is 2. The Morgan fingerprint density at radius 2 is 1.74 bits per heavy atom. The summed E-state index contributed by atoms with van der Waals surface area (Å²) in [5.41, 5.74) is 4.14. The third kappa shape index (κ3) is 5.57. The summed E-state index contributed by atoms with van der Waals surface area (Å²) in [7, 11) is 3.87. The van der Waals surface area contributed by atoms with Crippen molar-refractivity contribution in [1.29, 1.82) is 0 Å². The molecule has 9 heteroatoms. The lowest BCUT2D eigenvalue weighted by Crippen LogP contribution is -2.48. The second kappa shape index (κ2) is 10.9. The molecule has 2 aliphatic heterocycles. The molecule has 196 valence electrons. The topological polar surface area (TPSA) is 88.5 Å². The molecule has 3 aromatic rings. The van der Waals surface area contributed by atoms with Crippen LogP contribution in [0.1, 0.15) is 17.0 Å². The van der Waals surface area contributed by atoms with E-state index < -0.39 is 5.92 Å². The second-order valence-electron chi connectivity index (χ2n) is 9.75. The fraction of sp³-hybridized carbons (Fsp3) is 0.276. The van der Waals surface area contributed by atoms with Gasteiger partial charge in [-0.05, 0) is 78.8 Å². The zero-order chi connectivity index (χ0) is 26.8. The van der Waals surface area contributed by atoms with Gasteiger partial charge in [0.25, 0.3) is 0 Å². The molecule has 38 heavy (non-hydrogen) atoms. The summed E-state index contributed by atoms with van der Waals surface area (Å²) in [5.74, 6) is -0.669. The van der Waals surface area contributed by atoms with E-state index >= 15 is 0 Å². The van der Waals surface area contributed by atoms with Crippen LogP contribution in [0.2, 0.25) is 5.02 Å². The maximum absolute atomic E-state index is 13.1. The van der Waals surface area contributed by atoms with Crippen LogP contribution in [-0.4, -0.2) is 79.3 Å². The van der Waals surface area contributed by atoms with E-state index in [1.165, 1.54) is 0 Å². The van der Waals surface area contributed by atoms with Gasteiger partial charge in [0.2, 0.25) is 11.8 Å². The van der Waals surface area contributed by atoms with E-state index in [9.17, 15) is 14.7 Å². The molecule has 8 nitrogen and oxygen atoms in total. The van der Waals surface area contributed by atoms with Gasteiger partial charge in [-0.3, -0.25) is 19.5 Å². The number of nitrogens with zero attached hydrogens (tertiary/aromatic N) is 4. The summed E-state index contributed by atoms with van der Waals surface area (Å²) in [6, 6.07) is 19.3. The number of phenols is 1. The number of carbonyl (C=O) groups is 2. The number of nitrogens with one attached hydrogen (secondary N) is 1. The van der Waals surface area contributed by atoms with Crippen molar-refractivity contribution in [1.82, 2.24) is 9.80 Å². The quantitative estimate of drug-likeness (QED) is 0.467. The highest BCUT2D eigenvalue weighted by atomic mass is 35.5. The Hall–Kier alpha value is -3.72. The molecule has 2 N–H and O–H groups in total. The van der Waals surface area contributed by atoms with Gasteiger partial charge in [-0.1, -0.05) is 17.7 Å². The number of piperazine rings is 1. The highest BCUT2D eigenvalue weighted by Crippen LogP contribution is 2.38. The molecule has 5 rings (SSSR count). The minimum atomic E-state index is -0.640. The van der Waals surface area contributed by atoms with Crippen LogP contribution in [0.4, 0.5) is 17.1 Å². The lowest BCUT2D eigenvalue weighted by atomic mass is 9.90. The first-order valence-electron chi connectivity index (χ1n) is 12.5. The minimum Gasteiger partial charge on any atom is -0.508 e. The number of aromatic hydroxyl groups is 1. The van der Waals surface area contributed by atoms with Crippen LogP contribution >= 0.6 is 11.6 Å². The number of aliphatic imine (C=N–C) groups is 1. The monoisotopic (exact) mass is 531 g/mol. The number of fused-ring (bicyclic) bond motifs is 1. The van der Waals surface area contributed by atoms with Crippen LogP contribution in [0.5, 0.6) is 5.75 Å². The molecule has 1 atom stereocenters. The average Bonchev–Trinajstić information content (AvgIpc) is 3.23. The summed E-state index contributed by atoms with van der Waals surface area (Å²) >= 11 is 6.14. The second-order valence-corrected chi connectivity index (χ2v) is 10.2. The molecule has 0 saturated carbocycles. The van der Waals surface area contributed by atoms with E-state index in [2.05, 4.69) is 22.2 Å². The number of phenolic OH excluding ortho intramolecular Hbond substituents is 1. The molecule has 1 saturated heterocycles. The van der Waals surface area contributed by atoms with Crippen LogP contribution in [0.15, 0.2) is 71.7 Å². The van der Waals surface area contributed by atoms with Gasteiger partial charge in [-0.2, -0.15) is 0 Å². The fourth-order valence-electron chi connectivity index (χ4n) is 4.77. The van der Waals surface area contributed by atoms with Crippen LogP contribution in [-0.2, 0) is 9.59 Å². The Morgan fingerprint density at radius 1 is 1.05 bits per heavy atom. The Balaban J connectivity index is 1.41. The SMILES string of the molecule is CN1CCN(CC(=O)N(C)c2ccc(N=C(c3ccc(O)cc3)C3C(=O)Nc4cc(Cl)ccc43)cc2)CC1. The average molecular weight is 532 g/mol. The number of hydrogen-bond acceptors (Lipinski definition) is 6. The lowest BCUT2D eigenvalue weighted by molar-refractivity contribution is -0.120. The van der Waals surface area contributed by atoms with Crippen molar-refractivity contribution < 1.29 is 14.7 Å². The largest absolute Gasteiger partial charge is 0.508 e. The number of rotatable bonds is 6. The van der Waals surface area contributed by atoms with Gasteiger partial charge in [0.1, 0.15) is 11.7 Å². The third-order valence-electron chi connectivity index (χ3n) is 7.10. The van der Waals surface area contributed by atoms with E-state index in [0.717, 1.165) is 37.4 Å². The molecule has 0 aliphatic carbocycles. The predicted molar refractivity (Wildman–Crippen MR) is 151 cm³/mol. The Morgan fingerprint density at radius 3 is 2.42 bits per heavy atom. The van der Waals surface area contributed by atoms with Gasteiger partial charge in [-0.25, -0.2) is 0 Å². The van der Waals surface area contributed by atoms with Crippen LogP contribution in [0.25, 0.3) is 0 Å². The molecule has 2 heterocycles. The molecular formula is C29H30ClN5O3. The summed E-state index contributed by atoms with van der Waals surface area (Å²) < 4.78 is 0. The number of halogens is 1. The van der Waals surface area contributed by atoms with Gasteiger partial charge in [0.05, 0.1) is 17.9 Å². The lowest BCUT2D eigenvalue weighted by Gasteiger charge is -2.32. The van der Waals surface area contributed by atoms with E-state index in [-0.39, 0.29) is 17.6 Å². The van der Waals surface area contributed by atoms with Crippen molar-refractivity contribution in [2.24, 2.45) is 4.99 Å². The number of hydrogen-bond donors (Lipinski definition) is 2. The number of carbonyl (C=O) groups excluding carboxylic acids is 2. The Labute approximate surface area is 227 Å². The first-order valence-corrected chi connectivity index (χ1v) is 12.9. The number of likely N-dealkylation sites (N-methyl/N-ethyl adjacent to an activating group) is 2. The van der Waals surface area contributed by atoms with Gasteiger partial charge in [0, 0.05) is 49.6 Å². The van der Waals surface area contributed by atoms with Crippen LogP contribution in [0.3, 0.4) is 0 Å². The minimum absolute atomic E-state index is 0.0356. The highest BCUT2D eigenvalue weighted by molar-refractivity contribution is 6.31. The van der Waals surface area contributed by atoms with Crippen molar-refractivity contribution in [2.75, 3.05) is 57.0 Å². The van der Waals surface area contributed by atoms with Crippen LogP contribution in [0, 0.1) is 0 Å². The van der Waals surface area contributed by atoms with E-state index in [1.54, 1.807) is 48.3 Å². The standard InChI is InChI=1S/C29H30ClN5O3/c1-33-13-15-35(16-14-33)18-26(37)34(2)22-8-6-21(7-9-22)31-28(19-3-10-23(36)11-4-19)27-24-12-5-20(30)17-25(24)32-29(27)38/h3-12,17,27,36H,13-16,18H2,1-2H3,(H,32,38). The zero-order valence-corrected chi connectivity index (χ0v) is 22.2. The fourth-order valence-corrected chi connectivity index (χ4v) is 4.94. The Kier molecular flexibility index (Phi) is 7.46. The molecule has 0 spiro atoms. The van der Waals surface area contributed by atoms with Crippen molar-refractivity contribution >= 4 is 46.2 Å². The van der Waals surface area contributed by atoms with E-state index in [0.29, 0.717) is 34.2 Å². The van der Waals surface area contributed by atoms with Crippen molar-refractivity contribution in [3.8, 4) is 5.75 Å².